The Labute approximate surface area is 104 Å². The van der Waals surface area contributed by atoms with Crippen LogP contribution in [0.2, 0.25) is 0 Å². The molecule has 0 radical (unpaired) electrons. The second-order valence-electron chi connectivity index (χ2n) is 4.00. The van der Waals surface area contributed by atoms with Crippen LogP contribution >= 0.6 is 0 Å². The highest BCUT2D eigenvalue weighted by atomic mass is 16.6. The van der Waals surface area contributed by atoms with E-state index in [1.807, 2.05) is 6.92 Å². The van der Waals surface area contributed by atoms with Crippen molar-refractivity contribution in [1.82, 2.24) is 4.98 Å². The van der Waals surface area contributed by atoms with E-state index in [2.05, 4.69) is 10.3 Å². The van der Waals surface area contributed by atoms with Crippen LogP contribution in [0.4, 0.5) is 11.4 Å². The summed E-state index contributed by atoms with van der Waals surface area (Å²) in [5, 5.41) is 13.8. The molecule has 1 aromatic heterocycles. The van der Waals surface area contributed by atoms with Gasteiger partial charge >= 0.3 is 0 Å². The summed E-state index contributed by atoms with van der Waals surface area (Å²) in [6.45, 7) is 3.99. The first-order valence-electron chi connectivity index (χ1n) is 5.46. The minimum absolute atomic E-state index is 0.0453. The molecule has 94 valence electrons. The van der Waals surface area contributed by atoms with Gasteiger partial charge < -0.3 is 9.73 Å². The molecule has 0 aliphatic rings. The number of nitro groups is 1. The number of hydrogen-bond donors (Lipinski definition) is 1. The van der Waals surface area contributed by atoms with Gasteiger partial charge in [-0.3, -0.25) is 10.1 Å². The van der Waals surface area contributed by atoms with Crippen molar-refractivity contribution < 1.29 is 9.34 Å². The van der Waals surface area contributed by atoms with Gasteiger partial charge in [0.25, 0.3) is 5.69 Å². The summed E-state index contributed by atoms with van der Waals surface area (Å²) in [6, 6.07) is 4.92. The van der Waals surface area contributed by atoms with Crippen molar-refractivity contribution in [2.75, 3.05) is 5.32 Å². The fourth-order valence-electron chi connectivity index (χ4n) is 1.60. The number of benzene rings is 1. The number of nitro benzene ring substituents is 1. The first kappa shape index (κ1) is 12.1. The van der Waals surface area contributed by atoms with Crippen LogP contribution in [-0.4, -0.2) is 9.91 Å². The zero-order valence-corrected chi connectivity index (χ0v) is 10.1. The third-order valence-corrected chi connectivity index (χ3v) is 2.45. The third-order valence-electron chi connectivity index (χ3n) is 2.45. The topological polar surface area (TPSA) is 81.2 Å². The van der Waals surface area contributed by atoms with Crippen LogP contribution in [0.5, 0.6) is 0 Å². The first-order valence-corrected chi connectivity index (χ1v) is 5.46. The highest BCUT2D eigenvalue weighted by Crippen LogP contribution is 2.25. The Hall–Kier alpha value is -2.37. The van der Waals surface area contributed by atoms with Crippen molar-refractivity contribution in [3.63, 3.8) is 0 Å². The molecule has 0 amide bonds. The van der Waals surface area contributed by atoms with E-state index in [1.54, 1.807) is 25.3 Å². The summed E-state index contributed by atoms with van der Waals surface area (Å²) in [6.07, 6.45) is 1.61. The molecule has 18 heavy (non-hydrogen) atoms. The second-order valence-corrected chi connectivity index (χ2v) is 4.00. The molecule has 0 aliphatic carbocycles. The van der Waals surface area contributed by atoms with Gasteiger partial charge in [-0.2, -0.15) is 0 Å². The van der Waals surface area contributed by atoms with Crippen LogP contribution in [0.3, 0.4) is 0 Å². The van der Waals surface area contributed by atoms with E-state index in [9.17, 15) is 10.1 Å². The molecule has 1 heterocycles. The molecule has 2 rings (SSSR count). The molecular formula is C12H13N3O3. The van der Waals surface area contributed by atoms with E-state index in [4.69, 9.17) is 4.42 Å². The van der Waals surface area contributed by atoms with Gasteiger partial charge in [-0.1, -0.05) is 6.07 Å². The summed E-state index contributed by atoms with van der Waals surface area (Å²) in [4.78, 5) is 14.5. The lowest BCUT2D eigenvalue weighted by molar-refractivity contribution is -0.384. The Morgan fingerprint density at radius 3 is 2.83 bits per heavy atom. The fraction of sp³-hybridized carbons (Fsp3) is 0.250. The Balaban J connectivity index is 2.17. The highest BCUT2D eigenvalue weighted by molar-refractivity contribution is 5.62. The van der Waals surface area contributed by atoms with E-state index in [0.717, 1.165) is 5.56 Å². The second kappa shape index (κ2) is 4.87. The summed E-state index contributed by atoms with van der Waals surface area (Å²) < 4.78 is 5.29. The Morgan fingerprint density at radius 2 is 2.22 bits per heavy atom. The number of hydrogen-bond acceptors (Lipinski definition) is 5. The van der Waals surface area contributed by atoms with Gasteiger partial charge in [0, 0.05) is 6.07 Å². The lowest BCUT2D eigenvalue weighted by Crippen LogP contribution is -2.03. The zero-order chi connectivity index (χ0) is 13.1. The largest absolute Gasteiger partial charge is 0.444 e. The Kier molecular flexibility index (Phi) is 3.27. The number of nitrogens with one attached hydrogen (secondary N) is 1. The highest BCUT2D eigenvalue weighted by Gasteiger charge is 2.13. The number of aryl methyl sites for hydroxylation is 2. The number of anilines is 1. The van der Waals surface area contributed by atoms with E-state index in [-0.39, 0.29) is 5.69 Å². The van der Waals surface area contributed by atoms with Gasteiger partial charge in [0.2, 0.25) is 5.89 Å². The van der Waals surface area contributed by atoms with E-state index in [0.29, 0.717) is 23.9 Å². The molecular weight excluding hydrogens is 234 g/mol. The lowest BCUT2D eigenvalue weighted by Gasteiger charge is -2.05. The molecule has 1 aromatic carbocycles. The molecule has 6 heteroatoms. The minimum atomic E-state index is -0.414. The quantitative estimate of drug-likeness (QED) is 0.663. The molecule has 0 fully saturated rings. The molecule has 0 aliphatic heterocycles. The maximum absolute atomic E-state index is 10.9. The number of rotatable bonds is 4. The summed E-state index contributed by atoms with van der Waals surface area (Å²) in [5.74, 6) is 1.22. The Morgan fingerprint density at radius 1 is 1.44 bits per heavy atom. The molecule has 0 atom stereocenters. The van der Waals surface area contributed by atoms with Crippen LogP contribution < -0.4 is 5.32 Å². The minimum Gasteiger partial charge on any atom is -0.444 e. The van der Waals surface area contributed by atoms with Crippen LogP contribution in [0.1, 0.15) is 17.2 Å². The molecule has 0 unspecified atom stereocenters. The third kappa shape index (κ3) is 2.65. The normalized spacial score (nSPS) is 10.3. The Bertz CT molecular complexity index is 578. The zero-order valence-electron chi connectivity index (χ0n) is 10.1. The number of oxazole rings is 1. The number of nitrogens with zero attached hydrogens (tertiary/aromatic N) is 2. The lowest BCUT2D eigenvalue weighted by atomic mass is 10.2. The molecule has 1 N–H and O–H groups in total. The first-order chi connectivity index (χ1) is 8.56. The van der Waals surface area contributed by atoms with Gasteiger partial charge in [-0.15, -0.1) is 0 Å². The van der Waals surface area contributed by atoms with Crippen LogP contribution in [0.25, 0.3) is 0 Å². The average molecular weight is 247 g/mol. The average Bonchev–Trinajstić information content (AvgIpc) is 2.72. The van der Waals surface area contributed by atoms with Gasteiger partial charge in [0.05, 0.1) is 17.7 Å². The van der Waals surface area contributed by atoms with Crippen molar-refractivity contribution >= 4 is 11.4 Å². The summed E-state index contributed by atoms with van der Waals surface area (Å²) in [5.41, 5.74) is 1.46. The standard InChI is InChI=1S/C12H13N3O3/c1-8-3-4-11(15(16)17)10(5-8)13-7-12-14-6-9(2)18-12/h3-6,13H,7H2,1-2H3. The summed E-state index contributed by atoms with van der Waals surface area (Å²) >= 11 is 0. The summed E-state index contributed by atoms with van der Waals surface area (Å²) in [7, 11) is 0. The predicted octanol–water partition coefficient (Wildman–Crippen LogP) is 2.81. The van der Waals surface area contributed by atoms with Crippen molar-refractivity contribution in [1.29, 1.82) is 0 Å². The van der Waals surface area contributed by atoms with Gasteiger partial charge in [-0.25, -0.2) is 4.98 Å². The SMILES string of the molecule is Cc1ccc([N+](=O)[O-])c(NCc2ncc(C)o2)c1. The molecule has 2 aromatic rings. The van der Waals surface area contributed by atoms with E-state index >= 15 is 0 Å². The molecule has 0 bridgehead atoms. The van der Waals surface area contributed by atoms with Crippen LogP contribution in [0, 0.1) is 24.0 Å². The van der Waals surface area contributed by atoms with Crippen molar-refractivity contribution in [2.45, 2.75) is 20.4 Å². The van der Waals surface area contributed by atoms with Crippen molar-refractivity contribution in [3.05, 3.63) is 51.7 Å². The number of aromatic nitrogens is 1. The maximum Gasteiger partial charge on any atom is 0.292 e. The van der Waals surface area contributed by atoms with Gasteiger partial charge in [-0.05, 0) is 25.5 Å². The van der Waals surface area contributed by atoms with Gasteiger partial charge in [0.1, 0.15) is 11.4 Å². The maximum atomic E-state index is 10.9. The van der Waals surface area contributed by atoms with Crippen molar-refractivity contribution in [2.24, 2.45) is 0 Å². The molecule has 0 saturated carbocycles. The monoisotopic (exact) mass is 247 g/mol. The van der Waals surface area contributed by atoms with Crippen LogP contribution in [0.15, 0.2) is 28.8 Å². The molecule has 0 spiro atoms. The predicted molar refractivity (Wildman–Crippen MR) is 66.4 cm³/mol. The smallest absolute Gasteiger partial charge is 0.292 e. The van der Waals surface area contributed by atoms with E-state index < -0.39 is 4.92 Å². The van der Waals surface area contributed by atoms with E-state index in [1.165, 1.54) is 6.07 Å². The molecule has 6 nitrogen and oxygen atoms in total. The van der Waals surface area contributed by atoms with Crippen LogP contribution in [-0.2, 0) is 6.54 Å². The fourth-order valence-corrected chi connectivity index (χ4v) is 1.60. The molecule has 0 saturated heterocycles. The van der Waals surface area contributed by atoms with Gasteiger partial charge in [0.15, 0.2) is 0 Å². The van der Waals surface area contributed by atoms with Crippen molar-refractivity contribution in [3.8, 4) is 0 Å².